The second-order valence-electron chi connectivity index (χ2n) is 5.31. The van der Waals surface area contributed by atoms with E-state index in [1.165, 1.54) is 4.90 Å². The zero-order valence-electron chi connectivity index (χ0n) is 13.0. The number of thioether (sulfide) groups is 1. The topological polar surface area (TPSA) is 18.5 Å². The van der Waals surface area contributed by atoms with E-state index in [1.54, 1.807) is 18.9 Å². The van der Waals surface area contributed by atoms with Gasteiger partial charge in [-0.25, -0.2) is 0 Å². The fourth-order valence-electron chi connectivity index (χ4n) is 1.50. The minimum absolute atomic E-state index is 0.604. The summed E-state index contributed by atoms with van der Waals surface area (Å²) < 4.78 is 11.3. The van der Waals surface area contributed by atoms with Crippen LogP contribution in [-0.4, -0.2) is 15.4 Å². The molecule has 0 saturated carbocycles. The first-order valence-electron chi connectivity index (χ1n) is 6.82. The molecule has 0 fully saturated rings. The van der Waals surface area contributed by atoms with Crippen LogP contribution in [0.15, 0.2) is 58.2 Å². The highest BCUT2D eigenvalue weighted by Crippen LogP contribution is 2.29. The molecule has 0 aliphatic carbocycles. The number of hydrogen-bond donors (Lipinski definition) is 0. The van der Waals surface area contributed by atoms with E-state index < -0.39 is 8.32 Å². The van der Waals surface area contributed by atoms with Gasteiger partial charge in [-0.05, 0) is 38.2 Å². The van der Waals surface area contributed by atoms with Gasteiger partial charge in [-0.3, -0.25) is 0 Å². The Bertz CT molecular complexity index is 461. The van der Waals surface area contributed by atoms with E-state index in [1.807, 2.05) is 24.3 Å². The number of allylic oxidation sites excluding steroid dienone is 2. The van der Waals surface area contributed by atoms with Gasteiger partial charge in [-0.15, -0.1) is 0 Å². The van der Waals surface area contributed by atoms with Crippen LogP contribution in [0, 0.1) is 0 Å². The lowest BCUT2D eigenvalue weighted by Crippen LogP contribution is -2.25. The standard InChI is InChI=1S/C16H24O2SSi/c1-6-10-15(19-14-11-8-7-9-12-14)13-16(17-2)18-20(3,4)5/h7-13H,6H2,1-5H3/b15-10+,16-13+. The highest BCUT2D eigenvalue weighted by molar-refractivity contribution is 8.03. The molecule has 0 saturated heterocycles. The van der Waals surface area contributed by atoms with Gasteiger partial charge in [0.15, 0.2) is 0 Å². The predicted octanol–water partition coefficient (Wildman–Crippen LogP) is 5.41. The Morgan fingerprint density at radius 1 is 1.20 bits per heavy atom. The highest BCUT2D eigenvalue weighted by atomic mass is 32.2. The van der Waals surface area contributed by atoms with E-state index in [9.17, 15) is 0 Å². The summed E-state index contributed by atoms with van der Waals surface area (Å²) in [7, 11) is 0.00262. The third-order valence-electron chi connectivity index (χ3n) is 2.25. The fraction of sp³-hybridized carbons (Fsp3) is 0.375. The molecule has 1 aromatic carbocycles. The van der Waals surface area contributed by atoms with Crippen molar-refractivity contribution in [2.75, 3.05) is 7.11 Å². The summed E-state index contributed by atoms with van der Waals surface area (Å²) >= 11 is 1.72. The van der Waals surface area contributed by atoms with Crippen molar-refractivity contribution in [1.82, 2.24) is 0 Å². The minimum atomic E-state index is -1.65. The molecule has 0 aliphatic rings. The van der Waals surface area contributed by atoms with Gasteiger partial charge in [0.05, 0.1) is 7.11 Å². The Labute approximate surface area is 128 Å². The van der Waals surface area contributed by atoms with Crippen LogP contribution in [0.5, 0.6) is 0 Å². The van der Waals surface area contributed by atoms with Gasteiger partial charge in [0, 0.05) is 15.9 Å². The van der Waals surface area contributed by atoms with Crippen LogP contribution >= 0.6 is 11.8 Å². The largest absolute Gasteiger partial charge is 0.520 e. The zero-order valence-corrected chi connectivity index (χ0v) is 14.8. The molecule has 0 aliphatic heterocycles. The Morgan fingerprint density at radius 2 is 1.85 bits per heavy atom. The van der Waals surface area contributed by atoms with Crippen LogP contribution in [0.3, 0.4) is 0 Å². The van der Waals surface area contributed by atoms with Crippen LogP contribution in [0.25, 0.3) is 0 Å². The first-order valence-corrected chi connectivity index (χ1v) is 11.0. The predicted molar refractivity (Wildman–Crippen MR) is 90.2 cm³/mol. The van der Waals surface area contributed by atoms with Crippen molar-refractivity contribution >= 4 is 20.1 Å². The summed E-state index contributed by atoms with van der Waals surface area (Å²) in [5.74, 6) is 0.604. The summed E-state index contributed by atoms with van der Waals surface area (Å²) in [5, 5.41) is 0. The third kappa shape index (κ3) is 6.87. The van der Waals surface area contributed by atoms with E-state index in [2.05, 4.69) is 44.8 Å². The molecule has 0 amide bonds. The molecule has 1 rings (SSSR count). The normalized spacial score (nSPS) is 13.2. The number of hydrogen-bond acceptors (Lipinski definition) is 3. The Hall–Kier alpha value is -1.13. The van der Waals surface area contributed by atoms with Crippen LogP contribution in [0.4, 0.5) is 0 Å². The second-order valence-corrected chi connectivity index (χ2v) is 10.9. The van der Waals surface area contributed by atoms with Gasteiger partial charge in [-0.2, -0.15) is 0 Å². The summed E-state index contributed by atoms with van der Waals surface area (Å²) in [6.07, 6.45) is 5.15. The van der Waals surface area contributed by atoms with E-state index in [0.29, 0.717) is 5.95 Å². The smallest absolute Gasteiger partial charge is 0.266 e. The SMILES string of the molecule is CC/C=C(\C=C(/OC)O[Si](C)(C)C)Sc1ccccc1. The van der Waals surface area contributed by atoms with E-state index in [0.717, 1.165) is 11.3 Å². The van der Waals surface area contributed by atoms with Gasteiger partial charge >= 0.3 is 0 Å². The summed E-state index contributed by atoms with van der Waals surface area (Å²) in [4.78, 5) is 2.36. The van der Waals surface area contributed by atoms with Crippen molar-refractivity contribution in [2.24, 2.45) is 0 Å². The Kier molecular flexibility index (Phi) is 6.95. The Balaban J connectivity index is 2.88. The molecule has 20 heavy (non-hydrogen) atoms. The molecule has 0 atom stereocenters. The molecule has 1 aromatic rings. The molecule has 0 unspecified atom stereocenters. The Morgan fingerprint density at radius 3 is 2.35 bits per heavy atom. The van der Waals surface area contributed by atoms with Crippen molar-refractivity contribution in [1.29, 1.82) is 0 Å². The van der Waals surface area contributed by atoms with Gasteiger partial charge in [-0.1, -0.05) is 43.0 Å². The molecular formula is C16H24O2SSi. The van der Waals surface area contributed by atoms with Crippen LogP contribution in [0.2, 0.25) is 19.6 Å². The lowest BCUT2D eigenvalue weighted by atomic mass is 10.4. The first-order chi connectivity index (χ1) is 9.44. The van der Waals surface area contributed by atoms with Gasteiger partial charge in [0.25, 0.3) is 5.95 Å². The van der Waals surface area contributed by atoms with E-state index >= 15 is 0 Å². The minimum Gasteiger partial charge on any atom is -0.520 e. The molecule has 110 valence electrons. The average Bonchev–Trinajstić information content (AvgIpc) is 2.37. The molecular weight excluding hydrogens is 284 g/mol. The second kappa shape index (κ2) is 8.22. The van der Waals surface area contributed by atoms with Crippen LogP contribution in [0.1, 0.15) is 13.3 Å². The highest BCUT2D eigenvalue weighted by Gasteiger charge is 2.18. The van der Waals surface area contributed by atoms with Crippen molar-refractivity contribution in [2.45, 2.75) is 37.9 Å². The quantitative estimate of drug-likeness (QED) is 0.290. The average molecular weight is 309 g/mol. The maximum atomic E-state index is 5.93. The molecule has 0 N–H and O–H groups in total. The molecule has 0 heterocycles. The number of ether oxygens (including phenoxy) is 1. The van der Waals surface area contributed by atoms with Crippen LogP contribution in [-0.2, 0) is 9.16 Å². The van der Waals surface area contributed by atoms with Gasteiger partial charge < -0.3 is 9.16 Å². The molecule has 0 spiro atoms. The molecule has 0 bridgehead atoms. The molecule has 2 nitrogen and oxygen atoms in total. The van der Waals surface area contributed by atoms with E-state index in [-0.39, 0.29) is 0 Å². The monoisotopic (exact) mass is 308 g/mol. The maximum absolute atomic E-state index is 5.93. The summed E-state index contributed by atoms with van der Waals surface area (Å²) in [6.45, 7) is 8.57. The maximum Gasteiger partial charge on any atom is 0.266 e. The van der Waals surface area contributed by atoms with Gasteiger partial charge in [0.1, 0.15) is 0 Å². The lowest BCUT2D eigenvalue weighted by molar-refractivity contribution is 0.147. The first kappa shape index (κ1) is 16.9. The molecule has 4 heteroatoms. The van der Waals surface area contributed by atoms with E-state index in [4.69, 9.17) is 9.16 Å². The number of benzene rings is 1. The molecule has 0 aromatic heterocycles. The van der Waals surface area contributed by atoms with Crippen molar-refractivity contribution in [3.63, 3.8) is 0 Å². The number of rotatable bonds is 7. The van der Waals surface area contributed by atoms with Crippen LogP contribution < -0.4 is 0 Å². The van der Waals surface area contributed by atoms with Crippen molar-refractivity contribution in [3.8, 4) is 0 Å². The van der Waals surface area contributed by atoms with Crippen molar-refractivity contribution in [3.05, 3.63) is 53.3 Å². The fourth-order valence-corrected chi connectivity index (χ4v) is 3.22. The summed E-state index contributed by atoms with van der Waals surface area (Å²) in [6, 6.07) is 10.3. The van der Waals surface area contributed by atoms with Gasteiger partial charge in [0.2, 0.25) is 8.32 Å². The van der Waals surface area contributed by atoms with Crippen molar-refractivity contribution < 1.29 is 9.16 Å². The summed E-state index contributed by atoms with van der Waals surface area (Å²) in [5.41, 5.74) is 0. The molecule has 0 radical (unpaired) electrons. The zero-order chi connectivity index (χ0) is 15.0. The third-order valence-corrected chi connectivity index (χ3v) is 4.09. The lowest BCUT2D eigenvalue weighted by Gasteiger charge is -2.20. The number of methoxy groups -OCH3 is 1.